The first-order valence-electron chi connectivity index (χ1n) is 15.8. The van der Waals surface area contributed by atoms with Crippen LogP contribution in [0.3, 0.4) is 0 Å². The van der Waals surface area contributed by atoms with Gasteiger partial charge in [-0.3, -0.25) is 4.98 Å². The molecule has 2 spiro atoms. The summed E-state index contributed by atoms with van der Waals surface area (Å²) in [4.78, 5) is 5.01. The van der Waals surface area contributed by atoms with E-state index in [0.717, 1.165) is 0 Å². The molecule has 0 fully saturated rings. The Balaban J connectivity index is 1.40. The Bertz CT molecular complexity index is 2400. The van der Waals surface area contributed by atoms with Crippen molar-refractivity contribution >= 4 is 21.8 Å². The van der Waals surface area contributed by atoms with Gasteiger partial charge in [-0.15, -0.1) is 0 Å². The highest BCUT2D eigenvalue weighted by Gasteiger charge is 2.56. The summed E-state index contributed by atoms with van der Waals surface area (Å²) in [5.41, 5.74) is 19.0. The van der Waals surface area contributed by atoms with Gasteiger partial charge >= 0.3 is 0 Å². The van der Waals surface area contributed by atoms with Crippen molar-refractivity contribution in [2.45, 2.75) is 10.8 Å². The molecule has 0 unspecified atom stereocenters. The number of fused-ring (bicyclic) bond motifs is 15. The molecule has 2 aliphatic heterocycles. The first-order chi connectivity index (χ1) is 22.4. The summed E-state index contributed by atoms with van der Waals surface area (Å²) >= 11 is 0. The van der Waals surface area contributed by atoms with E-state index < -0.39 is 10.8 Å². The van der Waals surface area contributed by atoms with E-state index in [1.165, 1.54) is 94.3 Å². The van der Waals surface area contributed by atoms with Crippen LogP contribution in [0.4, 0.5) is 0 Å². The molecule has 0 radical (unpaired) electrons. The normalized spacial score (nSPS) is 15.9. The lowest BCUT2D eigenvalue weighted by atomic mass is 9.61. The SMILES string of the molecule is c1ccc2c(c1)-c1ccccc1C21c2cccc3c2-n2c4c1cccc4c1cncc(c12)C31c2ccccc2-c2ccccc21. The summed E-state index contributed by atoms with van der Waals surface area (Å²) in [5, 5.41) is 2.50. The van der Waals surface area contributed by atoms with Gasteiger partial charge in [-0.2, -0.15) is 0 Å². The fourth-order valence-electron chi connectivity index (χ4n) is 10.1. The topological polar surface area (TPSA) is 17.8 Å². The van der Waals surface area contributed by atoms with Gasteiger partial charge in [0.05, 0.1) is 27.6 Å². The minimum atomic E-state index is -0.480. The van der Waals surface area contributed by atoms with Gasteiger partial charge in [0.15, 0.2) is 0 Å². The summed E-state index contributed by atoms with van der Waals surface area (Å²) in [6.45, 7) is 0. The predicted molar refractivity (Wildman–Crippen MR) is 180 cm³/mol. The molecule has 0 atom stereocenters. The minimum Gasteiger partial charge on any atom is -0.308 e. The van der Waals surface area contributed by atoms with Crippen molar-refractivity contribution in [2.75, 3.05) is 0 Å². The second-order valence-electron chi connectivity index (χ2n) is 13.0. The molecule has 0 amide bonds. The van der Waals surface area contributed by atoms with Crippen molar-refractivity contribution in [3.8, 4) is 27.9 Å². The van der Waals surface area contributed by atoms with Gasteiger partial charge in [0, 0.05) is 28.7 Å². The quantitative estimate of drug-likeness (QED) is 0.178. The van der Waals surface area contributed by atoms with E-state index in [1.807, 2.05) is 0 Å². The molecule has 4 heterocycles. The van der Waals surface area contributed by atoms with E-state index in [-0.39, 0.29) is 0 Å². The van der Waals surface area contributed by atoms with E-state index in [4.69, 9.17) is 4.98 Å². The van der Waals surface area contributed by atoms with Gasteiger partial charge in [0.25, 0.3) is 0 Å². The molecule has 12 rings (SSSR count). The van der Waals surface area contributed by atoms with Crippen molar-refractivity contribution in [1.29, 1.82) is 0 Å². The van der Waals surface area contributed by atoms with Crippen LogP contribution >= 0.6 is 0 Å². The molecular weight excluding hydrogens is 544 g/mol. The fraction of sp³-hybridized carbons (Fsp3) is 0.0465. The zero-order chi connectivity index (χ0) is 29.1. The van der Waals surface area contributed by atoms with Gasteiger partial charge in [-0.1, -0.05) is 133 Å². The molecule has 45 heavy (non-hydrogen) atoms. The summed E-state index contributed by atoms with van der Waals surface area (Å²) in [6.07, 6.45) is 4.26. The highest BCUT2D eigenvalue weighted by Crippen LogP contribution is 2.66. The molecule has 6 aromatic carbocycles. The van der Waals surface area contributed by atoms with Crippen LogP contribution in [0, 0.1) is 0 Å². The molecule has 0 N–H and O–H groups in total. The van der Waals surface area contributed by atoms with E-state index in [9.17, 15) is 0 Å². The summed E-state index contributed by atoms with van der Waals surface area (Å²) < 4.78 is 2.62. The van der Waals surface area contributed by atoms with Gasteiger partial charge in [0.2, 0.25) is 0 Å². The maximum atomic E-state index is 5.01. The summed E-state index contributed by atoms with van der Waals surface area (Å²) in [5.74, 6) is 0. The Morgan fingerprint density at radius 3 is 1.33 bits per heavy atom. The van der Waals surface area contributed by atoms with E-state index >= 15 is 0 Å². The van der Waals surface area contributed by atoms with Crippen LogP contribution in [0.1, 0.15) is 44.5 Å². The average Bonchev–Trinajstić information content (AvgIpc) is 3.71. The Labute approximate surface area is 259 Å². The number of rotatable bonds is 0. The van der Waals surface area contributed by atoms with Crippen LogP contribution in [0.5, 0.6) is 0 Å². The molecule has 4 aliphatic rings. The van der Waals surface area contributed by atoms with E-state index in [0.29, 0.717) is 0 Å². The maximum Gasteiger partial charge on any atom is 0.0769 e. The zero-order valence-electron chi connectivity index (χ0n) is 24.3. The highest BCUT2D eigenvalue weighted by molar-refractivity contribution is 6.15. The van der Waals surface area contributed by atoms with Crippen LogP contribution < -0.4 is 0 Å². The first kappa shape index (κ1) is 22.8. The molecule has 2 heteroatoms. The van der Waals surface area contributed by atoms with Crippen molar-refractivity contribution in [1.82, 2.24) is 9.55 Å². The van der Waals surface area contributed by atoms with Crippen LogP contribution in [0.2, 0.25) is 0 Å². The molecule has 0 bridgehead atoms. The molecule has 0 saturated heterocycles. The van der Waals surface area contributed by atoms with Gasteiger partial charge in [-0.05, 0) is 61.2 Å². The predicted octanol–water partition coefficient (Wildman–Crippen LogP) is 9.53. The Kier molecular flexibility index (Phi) is 3.70. The number of hydrogen-bond donors (Lipinski definition) is 0. The van der Waals surface area contributed by atoms with Crippen molar-refractivity contribution in [2.24, 2.45) is 0 Å². The van der Waals surface area contributed by atoms with Crippen LogP contribution in [0.15, 0.2) is 146 Å². The number of hydrogen-bond acceptors (Lipinski definition) is 1. The van der Waals surface area contributed by atoms with Gasteiger partial charge in [-0.25, -0.2) is 0 Å². The van der Waals surface area contributed by atoms with Crippen LogP contribution in [-0.4, -0.2) is 9.55 Å². The minimum absolute atomic E-state index is 0.438. The third-order valence-electron chi connectivity index (χ3n) is 11.5. The summed E-state index contributed by atoms with van der Waals surface area (Å²) in [6, 6.07) is 50.4. The molecule has 2 aliphatic carbocycles. The lowest BCUT2D eigenvalue weighted by Gasteiger charge is -2.45. The molecular formula is C43H24N2. The highest BCUT2D eigenvalue weighted by atomic mass is 15.0. The van der Waals surface area contributed by atoms with Crippen LogP contribution in [0.25, 0.3) is 49.7 Å². The molecule has 206 valence electrons. The van der Waals surface area contributed by atoms with Crippen LogP contribution in [-0.2, 0) is 10.8 Å². The molecule has 2 nitrogen and oxygen atoms in total. The lowest BCUT2D eigenvalue weighted by Crippen LogP contribution is -2.39. The second-order valence-corrected chi connectivity index (χ2v) is 13.0. The van der Waals surface area contributed by atoms with Crippen molar-refractivity contribution in [3.05, 3.63) is 190 Å². The number of aromatic nitrogens is 2. The number of pyridine rings is 1. The third-order valence-corrected chi connectivity index (χ3v) is 11.5. The Morgan fingerprint density at radius 2 is 0.778 bits per heavy atom. The lowest BCUT2D eigenvalue weighted by molar-refractivity contribution is 0.699. The monoisotopic (exact) mass is 568 g/mol. The Morgan fingerprint density at radius 1 is 0.356 bits per heavy atom. The largest absolute Gasteiger partial charge is 0.308 e. The number of nitrogens with zero attached hydrogens (tertiary/aromatic N) is 2. The number of para-hydroxylation sites is 2. The molecule has 2 aromatic heterocycles. The smallest absolute Gasteiger partial charge is 0.0769 e. The molecule has 0 saturated carbocycles. The fourth-order valence-corrected chi connectivity index (χ4v) is 10.1. The van der Waals surface area contributed by atoms with Crippen molar-refractivity contribution < 1.29 is 0 Å². The number of benzene rings is 6. The van der Waals surface area contributed by atoms with Gasteiger partial charge < -0.3 is 4.57 Å². The average molecular weight is 569 g/mol. The third kappa shape index (κ3) is 2.17. The summed E-state index contributed by atoms with van der Waals surface area (Å²) in [7, 11) is 0. The Hall–Kier alpha value is -5.73. The standard InChI is InChI=1S/C43H24N2/c1-5-16-31-25(11-1)26-12-2-6-17-32(26)42(31)35-20-9-15-29-30-23-44-24-38-40(30)45(39(29)35)41-36(42)21-10-22-37(41)43(38)33-18-7-3-13-27(33)28-14-4-8-19-34(28)43/h1-24H. The van der Waals surface area contributed by atoms with Gasteiger partial charge in [0.1, 0.15) is 0 Å². The van der Waals surface area contributed by atoms with Crippen molar-refractivity contribution in [3.63, 3.8) is 0 Å². The van der Waals surface area contributed by atoms with E-state index in [1.54, 1.807) is 0 Å². The molecule has 8 aromatic rings. The van der Waals surface area contributed by atoms with E-state index in [2.05, 4.69) is 150 Å². The maximum absolute atomic E-state index is 5.01. The second kappa shape index (κ2) is 7.31. The zero-order valence-corrected chi connectivity index (χ0v) is 24.3. The first-order valence-corrected chi connectivity index (χ1v) is 15.8.